The first-order valence-corrected chi connectivity index (χ1v) is 16.7. The fourth-order valence-electron chi connectivity index (χ4n) is 5.27. The number of aryl methyl sites for hydroxylation is 1. The van der Waals surface area contributed by atoms with Crippen LogP contribution in [0.4, 0.5) is 5.82 Å². The molecule has 3 aromatic heterocycles. The molecule has 0 radical (unpaired) electrons. The molecule has 0 bridgehead atoms. The lowest BCUT2D eigenvalue weighted by Gasteiger charge is -2.32. The monoisotopic (exact) mass is 674 g/mol. The Morgan fingerprint density at radius 2 is 1.89 bits per heavy atom. The van der Waals surface area contributed by atoms with Crippen LogP contribution in [0.2, 0.25) is 0 Å². The Morgan fingerprint density at radius 3 is 2.65 bits per heavy atom. The van der Waals surface area contributed by atoms with E-state index in [2.05, 4.69) is 25.3 Å². The van der Waals surface area contributed by atoms with Crippen LogP contribution in [-0.4, -0.2) is 82.8 Å². The van der Waals surface area contributed by atoms with E-state index in [1.165, 1.54) is 25.8 Å². The second kappa shape index (κ2) is 13.2. The van der Waals surface area contributed by atoms with Gasteiger partial charge in [0.05, 0.1) is 31.7 Å². The van der Waals surface area contributed by atoms with Crippen LogP contribution in [0, 0.1) is 6.92 Å². The molecule has 17 nitrogen and oxygen atoms in total. The number of aliphatic hydroxyl groups excluding tert-OH is 2. The number of hydrogen-bond acceptors (Lipinski definition) is 14. The molecule has 2 saturated heterocycles. The molecule has 2 fully saturated rings. The normalized spacial score (nSPS) is 25.9. The zero-order chi connectivity index (χ0) is 32.6. The van der Waals surface area contributed by atoms with Gasteiger partial charge < -0.3 is 38.9 Å². The van der Waals surface area contributed by atoms with Crippen LogP contribution >= 0.6 is 6.72 Å². The van der Waals surface area contributed by atoms with Gasteiger partial charge in [0, 0.05) is 30.2 Å². The molecule has 244 valence electrons. The topological polar surface area (TPSA) is 228 Å². The number of nitrogens with zero attached hydrogens (tertiary/aromatic N) is 5. The Morgan fingerprint density at radius 1 is 1.15 bits per heavy atom. The van der Waals surface area contributed by atoms with E-state index in [1.54, 1.807) is 34.9 Å². The van der Waals surface area contributed by atoms with Gasteiger partial charge in [0.25, 0.3) is 11.5 Å². The van der Waals surface area contributed by atoms with Crippen LogP contribution < -0.4 is 21.5 Å². The molecule has 6 rings (SSSR count). The lowest BCUT2D eigenvalue weighted by atomic mass is 10.2. The summed E-state index contributed by atoms with van der Waals surface area (Å²) >= 11 is 5.10. The highest BCUT2D eigenvalue weighted by Gasteiger charge is 2.40. The average Bonchev–Trinajstić information content (AvgIpc) is 3.75. The zero-order valence-electron chi connectivity index (χ0n) is 24.2. The number of amides is 1. The maximum Gasteiger partial charge on any atom is 0.330 e. The number of rotatable bonds is 10. The highest BCUT2D eigenvalue weighted by Crippen LogP contribution is 2.46. The van der Waals surface area contributed by atoms with Gasteiger partial charge in [0.1, 0.15) is 37.7 Å². The Balaban J connectivity index is 1.10. The van der Waals surface area contributed by atoms with Crippen LogP contribution in [0.5, 0.6) is 0 Å². The number of H-pyrrole nitrogens is 1. The summed E-state index contributed by atoms with van der Waals surface area (Å²) in [5.41, 5.74) is 0.102. The molecule has 19 heteroatoms. The zero-order valence-corrected chi connectivity index (χ0v) is 25.9. The Labute approximate surface area is 265 Å². The van der Waals surface area contributed by atoms with Crippen molar-refractivity contribution in [2.45, 2.75) is 56.6 Å². The molecule has 46 heavy (non-hydrogen) atoms. The SMILES string of the molecule is Cc1cn([C@H]2C[C@H](O)[C@@H](COP([O-])(=S)O[C@H]3C[C@H](n4cnc5c(NC(=O)c6ccccc6)ncnc54)O[C@@H]3CO)O2)c(=O)[nH]c1=O. The molecule has 1 amide bonds. The molecular weight excluding hydrogens is 645 g/mol. The van der Waals surface area contributed by atoms with Crippen molar-refractivity contribution in [1.29, 1.82) is 0 Å². The highest BCUT2D eigenvalue weighted by atomic mass is 32.5. The third-order valence-corrected chi connectivity index (χ3v) is 9.19. The summed E-state index contributed by atoms with van der Waals surface area (Å²) in [5, 5.41) is 23.2. The number of aromatic amines is 1. The summed E-state index contributed by atoms with van der Waals surface area (Å²) in [6.45, 7) is -3.59. The van der Waals surface area contributed by atoms with E-state index in [4.69, 9.17) is 30.3 Å². The minimum Gasteiger partial charge on any atom is -0.780 e. The largest absolute Gasteiger partial charge is 0.780 e. The summed E-state index contributed by atoms with van der Waals surface area (Å²) in [7, 11) is 0. The summed E-state index contributed by atoms with van der Waals surface area (Å²) < 4.78 is 25.4. The smallest absolute Gasteiger partial charge is 0.330 e. The standard InChI is InChI=1S/C27H30N7O10PS/c1-14-9-33(27(39)32-25(14)37)20-7-16(36)19(43-20)11-41-45(40,46)44-17-8-21(42-18(17)10-35)34-13-30-22-23(28-12-29-24(22)34)31-26(38)15-5-3-2-4-6-15/h2-6,9,12-13,16-21,35-36H,7-8,10-11H2,1H3,(H,40,46)(H,32,37,39)(H,28,29,31,38)/p-1/t16-,17-,18+,19+,20+,21+,45?/m0/s1. The van der Waals surface area contributed by atoms with Crippen molar-refractivity contribution in [2.75, 3.05) is 18.5 Å². The number of anilines is 1. The summed E-state index contributed by atoms with van der Waals surface area (Å²) in [6.07, 6.45) is -1.55. The number of aromatic nitrogens is 6. The van der Waals surface area contributed by atoms with Crippen LogP contribution in [0.15, 0.2) is 58.8 Å². The summed E-state index contributed by atoms with van der Waals surface area (Å²) in [6, 6.07) is 8.59. The predicted octanol–water partition coefficient (Wildman–Crippen LogP) is -0.148. The Hall–Kier alpha value is -3.71. The molecule has 7 atom stereocenters. The molecule has 0 saturated carbocycles. The molecule has 1 aromatic carbocycles. The van der Waals surface area contributed by atoms with Crippen molar-refractivity contribution in [1.82, 2.24) is 29.1 Å². The van der Waals surface area contributed by atoms with Crippen molar-refractivity contribution >= 4 is 41.4 Å². The van der Waals surface area contributed by atoms with Gasteiger partial charge in [-0.3, -0.25) is 23.7 Å². The lowest BCUT2D eigenvalue weighted by molar-refractivity contribution is -0.215. The van der Waals surface area contributed by atoms with Crippen molar-refractivity contribution in [3.63, 3.8) is 0 Å². The van der Waals surface area contributed by atoms with Crippen molar-refractivity contribution in [3.05, 3.63) is 81.1 Å². The van der Waals surface area contributed by atoms with Gasteiger partial charge in [-0.1, -0.05) is 30.0 Å². The molecule has 2 aliphatic rings. The first-order valence-electron chi connectivity index (χ1n) is 14.1. The number of carbonyl (C=O) groups is 1. The van der Waals surface area contributed by atoms with Crippen molar-refractivity contribution < 1.29 is 38.4 Å². The van der Waals surface area contributed by atoms with Gasteiger partial charge in [0.2, 0.25) is 0 Å². The second-order valence-corrected chi connectivity index (χ2v) is 13.4. The number of carbonyl (C=O) groups excluding carboxylic acids is 1. The van der Waals surface area contributed by atoms with Crippen LogP contribution in [0.1, 0.15) is 41.2 Å². The van der Waals surface area contributed by atoms with Crippen LogP contribution in [-0.2, 0) is 30.3 Å². The molecule has 4 aromatic rings. The minimum absolute atomic E-state index is 0.00675. The molecule has 1 unspecified atom stereocenters. The number of ether oxygens (including phenoxy) is 2. The molecule has 0 aliphatic carbocycles. The maximum absolute atomic E-state index is 13.2. The molecule has 0 spiro atoms. The quantitative estimate of drug-likeness (QED) is 0.161. The molecule has 5 heterocycles. The van der Waals surface area contributed by atoms with E-state index in [0.717, 1.165) is 4.57 Å². The van der Waals surface area contributed by atoms with Gasteiger partial charge in [-0.2, -0.15) is 0 Å². The number of aliphatic hydroxyl groups is 2. The summed E-state index contributed by atoms with van der Waals surface area (Å²) in [5.74, 6) is -0.196. The third kappa shape index (κ3) is 6.71. The van der Waals surface area contributed by atoms with E-state index in [-0.39, 0.29) is 30.1 Å². The number of benzene rings is 1. The minimum atomic E-state index is -4.20. The lowest BCUT2D eigenvalue weighted by Crippen LogP contribution is -2.33. The van der Waals surface area contributed by atoms with Crippen LogP contribution in [0.3, 0.4) is 0 Å². The Kier molecular flexibility index (Phi) is 9.24. The van der Waals surface area contributed by atoms with Gasteiger partial charge in [0.15, 0.2) is 17.0 Å². The number of fused-ring (bicyclic) bond motifs is 1. The van der Waals surface area contributed by atoms with Gasteiger partial charge in [-0.15, -0.1) is 0 Å². The van der Waals surface area contributed by atoms with E-state index < -0.39 is 68.1 Å². The third-order valence-electron chi connectivity index (χ3n) is 7.62. The van der Waals surface area contributed by atoms with E-state index in [0.29, 0.717) is 16.7 Å². The molecule has 4 N–H and O–H groups in total. The first kappa shape index (κ1) is 32.2. The van der Waals surface area contributed by atoms with Crippen LogP contribution in [0.25, 0.3) is 11.2 Å². The second-order valence-electron chi connectivity index (χ2n) is 10.7. The van der Waals surface area contributed by atoms with Gasteiger partial charge in [-0.25, -0.2) is 19.7 Å². The maximum atomic E-state index is 13.2. The first-order chi connectivity index (χ1) is 22.0. The molecular formula is C27H29N7O10PS-. The van der Waals surface area contributed by atoms with Crippen molar-refractivity contribution in [2.24, 2.45) is 0 Å². The number of nitrogens with one attached hydrogen (secondary N) is 2. The van der Waals surface area contributed by atoms with Gasteiger partial charge in [-0.05, 0) is 19.1 Å². The Bertz CT molecular complexity index is 1900. The predicted molar refractivity (Wildman–Crippen MR) is 161 cm³/mol. The molecule has 2 aliphatic heterocycles. The average molecular weight is 675 g/mol. The van der Waals surface area contributed by atoms with Gasteiger partial charge >= 0.3 is 5.69 Å². The number of imidazole rings is 1. The van der Waals surface area contributed by atoms with E-state index >= 15 is 0 Å². The highest BCUT2D eigenvalue weighted by molar-refractivity contribution is 8.06. The van der Waals surface area contributed by atoms with E-state index in [1.807, 2.05) is 0 Å². The van der Waals surface area contributed by atoms with E-state index in [9.17, 15) is 29.5 Å². The fourth-order valence-corrected chi connectivity index (χ4v) is 6.72. The fraction of sp³-hybridized carbons (Fsp3) is 0.407. The summed E-state index contributed by atoms with van der Waals surface area (Å²) in [4.78, 5) is 64.7. The number of hydrogen-bond donors (Lipinski definition) is 4. The van der Waals surface area contributed by atoms with Crippen molar-refractivity contribution in [3.8, 4) is 0 Å².